The molecular formula is C24H26ClF3N2O3. The highest BCUT2D eigenvalue weighted by atomic mass is 35.5. The summed E-state index contributed by atoms with van der Waals surface area (Å²) >= 11 is 6.11. The van der Waals surface area contributed by atoms with Gasteiger partial charge in [0.2, 0.25) is 0 Å². The van der Waals surface area contributed by atoms with Gasteiger partial charge in [0.15, 0.2) is 0 Å². The number of imidazole rings is 1. The second kappa shape index (κ2) is 12.3. The zero-order valence-corrected chi connectivity index (χ0v) is 19.2. The summed E-state index contributed by atoms with van der Waals surface area (Å²) in [7, 11) is 1.71. The third-order valence-electron chi connectivity index (χ3n) is 4.85. The minimum absolute atomic E-state index is 0.786. The monoisotopic (exact) mass is 482 g/mol. The fourth-order valence-corrected chi connectivity index (χ4v) is 3.43. The standard InChI is InChI=1S/C22H25ClN2O.C2HF3O2/c1-3-4-11-20-22(19-10-5-6-12-21(19)26-2)24-16-25(20)14-13-17-8-7-9-18(23)15-17;3-2(4,5)1(6)7/h5-10,12,15-16H,3-4,11,13-14H2,1-2H3;(H,6,7). The van der Waals surface area contributed by atoms with E-state index in [1.807, 2.05) is 42.7 Å². The Morgan fingerprint density at radius 3 is 2.45 bits per heavy atom. The number of methoxy groups -OCH3 is 1. The summed E-state index contributed by atoms with van der Waals surface area (Å²) in [6, 6.07) is 16.2. The maximum absolute atomic E-state index is 10.6. The molecule has 0 radical (unpaired) electrons. The second-order valence-corrected chi connectivity index (χ2v) is 7.66. The minimum Gasteiger partial charge on any atom is -0.496 e. The van der Waals surface area contributed by atoms with Crippen molar-refractivity contribution in [2.45, 2.75) is 45.3 Å². The topological polar surface area (TPSA) is 64.4 Å². The Hall–Kier alpha value is -3.00. The molecule has 1 heterocycles. The fourth-order valence-electron chi connectivity index (χ4n) is 3.21. The Balaban J connectivity index is 0.000000479. The van der Waals surface area contributed by atoms with E-state index in [1.165, 1.54) is 11.3 Å². The van der Waals surface area contributed by atoms with Crippen LogP contribution >= 0.6 is 11.6 Å². The molecular weight excluding hydrogens is 457 g/mol. The molecule has 33 heavy (non-hydrogen) atoms. The summed E-state index contributed by atoms with van der Waals surface area (Å²) in [4.78, 5) is 13.6. The number of para-hydroxylation sites is 1. The molecule has 1 aromatic heterocycles. The average Bonchev–Trinajstić information content (AvgIpc) is 3.18. The molecule has 0 saturated carbocycles. The Kier molecular flexibility index (Phi) is 9.78. The lowest BCUT2D eigenvalue weighted by Gasteiger charge is -2.12. The van der Waals surface area contributed by atoms with E-state index in [4.69, 9.17) is 31.2 Å². The van der Waals surface area contributed by atoms with Crippen LogP contribution in [0.4, 0.5) is 13.2 Å². The molecule has 0 spiro atoms. The number of alkyl halides is 3. The van der Waals surface area contributed by atoms with Gasteiger partial charge in [-0.15, -0.1) is 0 Å². The Morgan fingerprint density at radius 1 is 1.15 bits per heavy atom. The summed E-state index contributed by atoms with van der Waals surface area (Å²) in [5.74, 6) is -1.89. The number of aliphatic carboxylic acids is 1. The molecule has 0 aliphatic carbocycles. The highest BCUT2D eigenvalue weighted by Crippen LogP contribution is 2.32. The highest BCUT2D eigenvalue weighted by Gasteiger charge is 2.38. The Morgan fingerprint density at radius 2 is 1.85 bits per heavy atom. The fraction of sp³-hybridized carbons (Fsp3) is 0.333. The average molecular weight is 483 g/mol. The molecule has 2 aromatic carbocycles. The maximum Gasteiger partial charge on any atom is 0.490 e. The first kappa shape index (κ1) is 26.3. The predicted octanol–water partition coefficient (Wildman–Crippen LogP) is 6.43. The Bertz CT molecular complexity index is 1050. The van der Waals surface area contributed by atoms with Gasteiger partial charge in [-0.05, 0) is 49.1 Å². The number of aromatic nitrogens is 2. The second-order valence-electron chi connectivity index (χ2n) is 7.22. The van der Waals surface area contributed by atoms with Gasteiger partial charge in [-0.2, -0.15) is 13.2 Å². The number of aryl methyl sites for hydroxylation is 2. The number of benzene rings is 2. The van der Waals surface area contributed by atoms with Gasteiger partial charge < -0.3 is 14.4 Å². The lowest BCUT2D eigenvalue weighted by atomic mass is 10.1. The summed E-state index contributed by atoms with van der Waals surface area (Å²) in [5.41, 5.74) is 4.61. The van der Waals surface area contributed by atoms with Crippen molar-refractivity contribution < 1.29 is 27.8 Å². The van der Waals surface area contributed by atoms with E-state index in [2.05, 4.69) is 23.6 Å². The number of ether oxygens (including phenoxy) is 1. The third-order valence-corrected chi connectivity index (χ3v) is 5.08. The summed E-state index contributed by atoms with van der Waals surface area (Å²) < 4.78 is 39.6. The van der Waals surface area contributed by atoms with Crippen molar-refractivity contribution in [3.63, 3.8) is 0 Å². The van der Waals surface area contributed by atoms with Crippen LogP contribution in [0.25, 0.3) is 11.3 Å². The van der Waals surface area contributed by atoms with Crippen molar-refractivity contribution in [2.75, 3.05) is 7.11 Å². The van der Waals surface area contributed by atoms with Crippen LogP contribution in [0.2, 0.25) is 5.02 Å². The molecule has 0 unspecified atom stereocenters. The van der Waals surface area contributed by atoms with E-state index in [1.54, 1.807) is 7.11 Å². The molecule has 0 amide bonds. The van der Waals surface area contributed by atoms with Gasteiger partial charge in [-0.1, -0.05) is 49.2 Å². The largest absolute Gasteiger partial charge is 0.496 e. The van der Waals surface area contributed by atoms with Crippen LogP contribution in [-0.2, 0) is 24.2 Å². The molecule has 0 aliphatic heterocycles. The maximum atomic E-state index is 10.6. The smallest absolute Gasteiger partial charge is 0.490 e. The first-order valence-corrected chi connectivity index (χ1v) is 10.8. The number of halogens is 4. The van der Waals surface area contributed by atoms with E-state index >= 15 is 0 Å². The zero-order valence-electron chi connectivity index (χ0n) is 18.4. The number of carbonyl (C=O) groups is 1. The van der Waals surface area contributed by atoms with Crippen molar-refractivity contribution in [3.8, 4) is 17.0 Å². The molecule has 3 rings (SSSR count). The predicted molar refractivity (Wildman–Crippen MR) is 122 cm³/mol. The van der Waals surface area contributed by atoms with Crippen LogP contribution in [0.5, 0.6) is 5.75 Å². The number of nitrogens with zero attached hydrogens (tertiary/aromatic N) is 2. The van der Waals surface area contributed by atoms with Crippen molar-refractivity contribution >= 4 is 17.6 Å². The molecule has 9 heteroatoms. The van der Waals surface area contributed by atoms with Crippen molar-refractivity contribution in [2.24, 2.45) is 0 Å². The van der Waals surface area contributed by atoms with Gasteiger partial charge in [-0.25, -0.2) is 9.78 Å². The van der Waals surface area contributed by atoms with E-state index in [0.717, 1.165) is 54.3 Å². The first-order valence-electron chi connectivity index (χ1n) is 10.4. The summed E-state index contributed by atoms with van der Waals surface area (Å²) in [6.45, 7) is 3.11. The summed E-state index contributed by atoms with van der Waals surface area (Å²) in [6.07, 6.45) is 1.12. The molecule has 0 atom stereocenters. The lowest BCUT2D eigenvalue weighted by molar-refractivity contribution is -0.192. The number of rotatable bonds is 8. The normalized spacial score (nSPS) is 11.0. The van der Waals surface area contributed by atoms with E-state index in [-0.39, 0.29) is 0 Å². The van der Waals surface area contributed by atoms with E-state index < -0.39 is 12.1 Å². The van der Waals surface area contributed by atoms with E-state index in [9.17, 15) is 13.2 Å². The number of hydrogen-bond acceptors (Lipinski definition) is 3. The van der Waals surface area contributed by atoms with Crippen LogP contribution < -0.4 is 4.74 Å². The zero-order chi connectivity index (χ0) is 24.4. The van der Waals surface area contributed by atoms with Crippen molar-refractivity contribution in [1.82, 2.24) is 9.55 Å². The Labute approximate surface area is 195 Å². The number of carboxylic acid groups (broad SMARTS) is 1. The van der Waals surface area contributed by atoms with Crippen molar-refractivity contribution in [1.29, 1.82) is 0 Å². The van der Waals surface area contributed by atoms with E-state index in [0.29, 0.717) is 0 Å². The molecule has 0 fully saturated rings. The third kappa shape index (κ3) is 7.82. The van der Waals surface area contributed by atoms with Gasteiger partial charge in [-0.3, -0.25) is 0 Å². The van der Waals surface area contributed by atoms with Gasteiger partial charge in [0, 0.05) is 22.8 Å². The lowest BCUT2D eigenvalue weighted by Crippen LogP contribution is -2.21. The van der Waals surface area contributed by atoms with Gasteiger partial charge in [0.05, 0.1) is 19.1 Å². The number of hydrogen-bond donors (Lipinski definition) is 1. The minimum atomic E-state index is -5.08. The molecule has 0 aliphatic rings. The van der Waals surface area contributed by atoms with Gasteiger partial charge >= 0.3 is 12.1 Å². The molecule has 5 nitrogen and oxygen atoms in total. The van der Waals surface area contributed by atoms with Crippen LogP contribution in [0.3, 0.4) is 0 Å². The van der Waals surface area contributed by atoms with Gasteiger partial charge in [0.1, 0.15) is 5.75 Å². The first-order chi connectivity index (χ1) is 15.7. The molecule has 0 bridgehead atoms. The quantitative estimate of drug-likeness (QED) is 0.402. The van der Waals surface area contributed by atoms with Crippen LogP contribution in [-0.4, -0.2) is 33.9 Å². The van der Waals surface area contributed by atoms with Crippen LogP contribution in [0.15, 0.2) is 54.9 Å². The van der Waals surface area contributed by atoms with Crippen LogP contribution in [0, 0.1) is 0 Å². The summed E-state index contributed by atoms with van der Waals surface area (Å²) in [5, 5.41) is 7.91. The molecule has 0 saturated heterocycles. The number of unbranched alkanes of at least 4 members (excludes halogenated alkanes) is 1. The number of carboxylic acids is 1. The van der Waals surface area contributed by atoms with Crippen molar-refractivity contribution in [3.05, 3.63) is 71.1 Å². The SMILES string of the molecule is CCCCc1c(-c2ccccc2OC)ncn1CCc1cccc(Cl)c1.O=C(O)C(F)(F)F. The molecule has 178 valence electrons. The molecule has 1 N–H and O–H groups in total. The van der Waals surface area contributed by atoms with Gasteiger partial charge in [0.25, 0.3) is 0 Å². The molecule has 3 aromatic rings. The highest BCUT2D eigenvalue weighted by molar-refractivity contribution is 6.30. The van der Waals surface area contributed by atoms with Crippen LogP contribution in [0.1, 0.15) is 31.0 Å².